The van der Waals surface area contributed by atoms with Crippen LogP contribution in [0, 0.1) is 10.1 Å². The van der Waals surface area contributed by atoms with Gasteiger partial charge in [-0.1, -0.05) is 49.4 Å². The number of carbonyl (C=O) groups excluding carboxylic acids is 1. The second-order valence-electron chi connectivity index (χ2n) is 7.85. The van der Waals surface area contributed by atoms with Gasteiger partial charge in [-0.05, 0) is 23.8 Å². The maximum absolute atomic E-state index is 13.0. The first-order chi connectivity index (χ1) is 16.5. The molecular formula is C26H21N5O3. The van der Waals surface area contributed by atoms with E-state index in [0.717, 1.165) is 34.8 Å². The fraction of sp³-hybridized carbons (Fsp3) is 0.0769. The number of carbonyl (C=O) groups is 1. The summed E-state index contributed by atoms with van der Waals surface area (Å²) in [5, 5.41) is 17.6. The van der Waals surface area contributed by atoms with Crippen LogP contribution in [0.4, 0.5) is 17.1 Å². The van der Waals surface area contributed by atoms with Gasteiger partial charge in [-0.15, -0.1) is 0 Å². The molecule has 0 aliphatic carbocycles. The predicted octanol–water partition coefficient (Wildman–Crippen LogP) is 5.48. The molecule has 2 heterocycles. The molecule has 168 valence electrons. The molecule has 1 aliphatic rings. The summed E-state index contributed by atoms with van der Waals surface area (Å²) in [7, 11) is 0. The predicted molar refractivity (Wildman–Crippen MR) is 132 cm³/mol. The molecule has 1 amide bonds. The van der Waals surface area contributed by atoms with E-state index in [-0.39, 0.29) is 11.6 Å². The highest BCUT2D eigenvalue weighted by molar-refractivity contribution is 6.37. The molecule has 8 heteroatoms. The van der Waals surface area contributed by atoms with Crippen molar-refractivity contribution in [1.82, 2.24) is 9.97 Å². The highest BCUT2D eigenvalue weighted by atomic mass is 16.6. The third kappa shape index (κ3) is 3.93. The second-order valence-corrected chi connectivity index (χ2v) is 7.85. The monoisotopic (exact) mass is 451 g/mol. The van der Waals surface area contributed by atoms with E-state index >= 15 is 0 Å². The van der Waals surface area contributed by atoms with Crippen LogP contribution < -0.4 is 10.6 Å². The molecule has 3 N–H and O–H groups in total. The summed E-state index contributed by atoms with van der Waals surface area (Å²) in [6.07, 6.45) is 2.68. The van der Waals surface area contributed by atoms with Crippen LogP contribution in [0.25, 0.3) is 22.5 Å². The molecule has 0 radical (unpaired) electrons. The van der Waals surface area contributed by atoms with Crippen LogP contribution in [-0.4, -0.2) is 20.8 Å². The van der Waals surface area contributed by atoms with Gasteiger partial charge in [-0.3, -0.25) is 14.9 Å². The van der Waals surface area contributed by atoms with Gasteiger partial charge in [0.25, 0.3) is 11.6 Å². The van der Waals surface area contributed by atoms with Crippen molar-refractivity contribution in [3.63, 3.8) is 0 Å². The zero-order chi connectivity index (χ0) is 23.7. The van der Waals surface area contributed by atoms with Crippen molar-refractivity contribution in [2.45, 2.75) is 13.3 Å². The Morgan fingerprint density at radius 2 is 1.88 bits per heavy atom. The number of nitrogens with one attached hydrogen (secondary N) is 3. The number of amides is 1. The van der Waals surface area contributed by atoms with Crippen LogP contribution in [-0.2, 0) is 11.2 Å². The summed E-state index contributed by atoms with van der Waals surface area (Å²) < 4.78 is 0. The van der Waals surface area contributed by atoms with E-state index in [1.54, 1.807) is 6.07 Å². The van der Waals surface area contributed by atoms with Gasteiger partial charge in [0.05, 0.1) is 21.9 Å². The van der Waals surface area contributed by atoms with Crippen molar-refractivity contribution in [3.05, 3.63) is 106 Å². The van der Waals surface area contributed by atoms with Gasteiger partial charge in [-0.2, -0.15) is 0 Å². The molecule has 4 aromatic rings. The molecule has 34 heavy (non-hydrogen) atoms. The SMILES string of the molecule is CCc1nc(-c2cccc(N/C(=C3\C(=O)Nc4ccc([N+](=O)[O-])cc43)c3ccccc3)c2)c[nH]1. The molecule has 0 unspecified atom stereocenters. The normalized spacial score (nSPS) is 13.9. The van der Waals surface area contributed by atoms with Crippen LogP contribution in [0.2, 0.25) is 0 Å². The number of aryl methyl sites for hydroxylation is 1. The summed E-state index contributed by atoms with van der Waals surface area (Å²) in [4.78, 5) is 31.7. The minimum absolute atomic E-state index is 0.0765. The summed E-state index contributed by atoms with van der Waals surface area (Å²) in [5.41, 5.74) is 5.16. The molecule has 8 nitrogen and oxygen atoms in total. The second kappa shape index (κ2) is 8.67. The number of nitro benzene ring substituents is 1. The molecule has 0 fully saturated rings. The molecular weight excluding hydrogens is 430 g/mol. The fourth-order valence-corrected chi connectivity index (χ4v) is 3.99. The average molecular weight is 451 g/mol. The van der Waals surface area contributed by atoms with Crippen LogP contribution in [0.1, 0.15) is 23.9 Å². The van der Waals surface area contributed by atoms with E-state index in [1.807, 2.05) is 67.7 Å². The lowest BCUT2D eigenvalue weighted by Gasteiger charge is -2.15. The molecule has 5 rings (SSSR count). The molecule has 0 saturated heterocycles. The van der Waals surface area contributed by atoms with Crippen LogP contribution in [0.15, 0.2) is 79.0 Å². The molecule has 3 aromatic carbocycles. The Labute approximate surface area is 195 Å². The van der Waals surface area contributed by atoms with Crippen LogP contribution in [0.5, 0.6) is 0 Å². The first-order valence-electron chi connectivity index (χ1n) is 10.8. The van der Waals surface area contributed by atoms with Crippen molar-refractivity contribution < 1.29 is 9.72 Å². The highest BCUT2D eigenvalue weighted by Crippen LogP contribution is 2.39. The van der Waals surface area contributed by atoms with E-state index in [2.05, 4.69) is 20.6 Å². The van der Waals surface area contributed by atoms with Gasteiger partial charge in [0.15, 0.2) is 0 Å². The van der Waals surface area contributed by atoms with E-state index < -0.39 is 4.92 Å². The van der Waals surface area contributed by atoms with E-state index in [9.17, 15) is 14.9 Å². The Morgan fingerprint density at radius 3 is 2.62 bits per heavy atom. The van der Waals surface area contributed by atoms with Crippen molar-refractivity contribution in [2.75, 3.05) is 10.6 Å². The van der Waals surface area contributed by atoms with E-state index in [1.165, 1.54) is 12.1 Å². The lowest BCUT2D eigenvalue weighted by Crippen LogP contribution is -2.10. The van der Waals surface area contributed by atoms with Crippen LogP contribution >= 0.6 is 0 Å². The number of aromatic amines is 1. The number of nitrogens with zero attached hydrogens (tertiary/aromatic N) is 2. The van der Waals surface area contributed by atoms with Crippen LogP contribution in [0.3, 0.4) is 0 Å². The van der Waals surface area contributed by atoms with Gasteiger partial charge in [-0.25, -0.2) is 4.98 Å². The molecule has 0 spiro atoms. The summed E-state index contributed by atoms with van der Waals surface area (Å²) in [6, 6.07) is 21.6. The third-order valence-corrected chi connectivity index (χ3v) is 5.66. The summed E-state index contributed by atoms with van der Waals surface area (Å²) >= 11 is 0. The number of rotatable bonds is 6. The maximum atomic E-state index is 13.0. The Morgan fingerprint density at radius 1 is 1.06 bits per heavy atom. The highest BCUT2D eigenvalue weighted by Gasteiger charge is 2.30. The lowest BCUT2D eigenvalue weighted by atomic mass is 9.99. The zero-order valence-corrected chi connectivity index (χ0v) is 18.3. The number of H-pyrrole nitrogens is 1. The maximum Gasteiger partial charge on any atom is 0.270 e. The number of nitro groups is 1. The topological polar surface area (TPSA) is 113 Å². The van der Waals surface area contributed by atoms with E-state index in [0.29, 0.717) is 22.5 Å². The van der Waals surface area contributed by atoms with E-state index in [4.69, 9.17) is 0 Å². The van der Waals surface area contributed by atoms with Gasteiger partial charge in [0.2, 0.25) is 0 Å². The van der Waals surface area contributed by atoms with Crippen molar-refractivity contribution >= 4 is 34.2 Å². The van der Waals surface area contributed by atoms with Gasteiger partial charge >= 0.3 is 0 Å². The largest absolute Gasteiger partial charge is 0.354 e. The summed E-state index contributed by atoms with van der Waals surface area (Å²) in [6.45, 7) is 2.04. The standard InChI is InChI=1S/C26H21N5O3/c1-2-23-27-15-22(29-23)17-9-6-10-18(13-17)28-25(16-7-4-3-5-8-16)24-20-14-19(31(33)34)11-12-21(20)30-26(24)32/h3-15,28H,2H2,1H3,(H,27,29)(H,30,32)/b25-24-. The van der Waals surface area contributed by atoms with Gasteiger partial charge in [0, 0.05) is 47.3 Å². The van der Waals surface area contributed by atoms with Gasteiger partial charge in [0.1, 0.15) is 5.82 Å². The Kier molecular flexibility index (Phi) is 5.39. The first-order valence-corrected chi connectivity index (χ1v) is 10.8. The summed E-state index contributed by atoms with van der Waals surface area (Å²) in [5.74, 6) is 0.583. The first kappa shape index (κ1) is 21.1. The molecule has 0 saturated carbocycles. The number of non-ortho nitro benzene ring substituents is 1. The van der Waals surface area contributed by atoms with Crippen molar-refractivity contribution in [3.8, 4) is 11.3 Å². The number of hydrogen-bond donors (Lipinski definition) is 3. The smallest absolute Gasteiger partial charge is 0.270 e. The van der Waals surface area contributed by atoms with Crippen molar-refractivity contribution in [2.24, 2.45) is 0 Å². The Balaban J connectivity index is 1.63. The Bertz CT molecular complexity index is 1440. The third-order valence-electron chi connectivity index (χ3n) is 5.66. The molecule has 1 aromatic heterocycles. The average Bonchev–Trinajstić information content (AvgIpc) is 3.47. The van der Waals surface area contributed by atoms with Gasteiger partial charge < -0.3 is 15.6 Å². The molecule has 0 bridgehead atoms. The molecule has 0 atom stereocenters. The number of hydrogen-bond acceptors (Lipinski definition) is 5. The molecule has 1 aliphatic heterocycles. The number of imidazole rings is 1. The number of fused-ring (bicyclic) bond motifs is 1. The minimum atomic E-state index is -0.464. The number of benzene rings is 3. The minimum Gasteiger partial charge on any atom is -0.354 e. The number of aromatic nitrogens is 2. The number of anilines is 2. The fourth-order valence-electron chi connectivity index (χ4n) is 3.99. The lowest BCUT2D eigenvalue weighted by molar-refractivity contribution is -0.384. The zero-order valence-electron chi connectivity index (χ0n) is 18.3. The quantitative estimate of drug-likeness (QED) is 0.204. The Hall–Kier alpha value is -4.72. The van der Waals surface area contributed by atoms with Crippen molar-refractivity contribution in [1.29, 1.82) is 0 Å².